The van der Waals surface area contributed by atoms with Gasteiger partial charge in [-0.15, -0.1) is 0 Å². The summed E-state index contributed by atoms with van der Waals surface area (Å²) in [6, 6.07) is 2.91. The number of anilines is 1. The molecule has 0 saturated heterocycles. The number of nitrogen functional groups attached to an aromatic ring is 1. The summed E-state index contributed by atoms with van der Waals surface area (Å²) >= 11 is 0. The quantitative estimate of drug-likeness (QED) is 0.934. The second-order valence-electron chi connectivity index (χ2n) is 4.95. The number of ether oxygens (including phenoxy) is 2. The van der Waals surface area contributed by atoms with E-state index in [9.17, 15) is 4.39 Å². The van der Waals surface area contributed by atoms with Crippen LogP contribution in [0.15, 0.2) is 18.3 Å². The van der Waals surface area contributed by atoms with E-state index in [0.29, 0.717) is 17.3 Å². The van der Waals surface area contributed by atoms with Gasteiger partial charge in [-0.1, -0.05) is 13.8 Å². The van der Waals surface area contributed by atoms with E-state index in [1.165, 1.54) is 19.4 Å². The van der Waals surface area contributed by atoms with E-state index in [-0.39, 0.29) is 17.5 Å². The number of rotatable bonds is 4. The lowest BCUT2D eigenvalue weighted by Crippen LogP contribution is -2.02. The minimum absolute atomic E-state index is 0.127. The molecule has 0 amide bonds. The first-order valence-electron chi connectivity index (χ1n) is 6.56. The first-order chi connectivity index (χ1) is 9.92. The predicted octanol–water partition coefficient (Wildman–Crippen LogP) is 3.43. The van der Waals surface area contributed by atoms with Crippen molar-refractivity contribution in [3.05, 3.63) is 35.5 Å². The van der Waals surface area contributed by atoms with Crippen molar-refractivity contribution in [3.8, 4) is 17.2 Å². The lowest BCUT2D eigenvalue weighted by Gasteiger charge is -2.16. The van der Waals surface area contributed by atoms with Gasteiger partial charge in [0.15, 0.2) is 23.1 Å². The zero-order valence-corrected chi connectivity index (χ0v) is 12.5. The Kier molecular flexibility index (Phi) is 4.26. The minimum atomic E-state index is -0.497. The van der Waals surface area contributed by atoms with Crippen molar-refractivity contribution in [2.45, 2.75) is 26.7 Å². The molecule has 0 bridgehead atoms. The number of hydrogen-bond acceptors (Lipinski definition) is 5. The summed E-state index contributed by atoms with van der Waals surface area (Å²) in [5, 5.41) is 0. The highest BCUT2D eigenvalue weighted by Crippen LogP contribution is 2.36. The van der Waals surface area contributed by atoms with Gasteiger partial charge in [-0.25, -0.2) is 14.4 Å². The molecule has 2 aromatic rings. The Hall–Kier alpha value is -2.37. The van der Waals surface area contributed by atoms with Gasteiger partial charge in [-0.2, -0.15) is 0 Å². The summed E-state index contributed by atoms with van der Waals surface area (Å²) in [7, 11) is 1.43. The minimum Gasteiger partial charge on any atom is -0.494 e. The number of benzene rings is 1. The smallest absolute Gasteiger partial charge is 0.187 e. The van der Waals surface area contributed by atoms with Crippen LogP contribution in [0.5, 0.6) is 17.2 Å². The number of methoxy groups -OCH3 is 1. The Morgan fingerprint density at radius 1 is 1.19 bits per heavy atom. The van der Waals surface area contributed by atoms with Crippen molar-refractivity contribution in [2.75, 3.05) is 12.8 Å². The Labute approximate surface area is 122 Å². The van der Waals surface area contributed by atoms with E-state index >= 15 is 0 Å². The largest absolute Gasteiger partial charge is 0.494 e. The summed E-state index contributed by atoms with van der Waals surface area (Å²) in [5.74, 6) is 1.25. The van der Waals surface area contributed by atoms with E-state index in [1.54, 1.807) is 13.0 Å². The number of nitrogens with two attached hydrogens (primary N) is 1. The molecule has 112 valence electrons. The third-order valence-electron chi connectivity index (χ3n) is 3.03. The lowest BCUT2D eigenvalue weighted by molar-refractivity contribution is 0.381. The van der Waals surface area contributed by atoms with Crippen LogP contribution in [0.3, 0.4) is 0 Å². The maximum absolute atomic E-state index is 13.9. The number of halogens is 1. The van der Waals surface area contributed by atoms with Gasteiger partial charge >= 0.3 is 0 Å². The standard InChI is InChI=1S/C15H18FN3O2/c1-8(2)10-5-13(20-4)11(16)6-12(10)21-14-7-18-9(3)19-15(14)17/h5-8H,1-4H3,(H2,17,18,19). The summed E-state index contributed by atoms with van der Waals surface area (Å²) < 4.78 is 24.6. The highest BCUT2D eigenvalue weighted by Gasteiger charge is 2.16. The zero-order valence-electron chi connectivity index (χ0n) is 12.5. The van der Waals surface area contributed by atoms with Gasteiger partial charge in [-0.3, -0.25) is 0 Å². The summed E-state index contributed by atoms with van der Waals surface area (Å²) in [5.41, 5.74) is 6.61. The maximum atomic E-state index is 13.9. The molecule has 0 aliphatic rings. The second kappa shape index (κ2) is 5.95. The molecule has 2 N–H and O–H groups in total. The van der Waals surface area contributed by atoms with Crippen molar-refractivity contribution in [1.82, 2.24) is 9.97 Å². The van der Waals surface area contributed by atoms with Gasteiger partial charge in [0.2, 0.25) is 0 Å². The van der Waals surface area contributed by atoms with Gasteiger partial charge in [0.05, 0.1) is 13.3 Å². The number of nitrogens with zero attached hydrogens (tertiary/aromatic N) is 2. The molecule has 1 aromatic carbocycles. The zero-order chi connectivity index (χ0) is 15.6. The highest BCUT2D eigenvalue weighted by molar-refractivity contribution is 5.50. The molecular formula is C15H18FN3O2. The van der Waals surface area contributed by atoms with Crippen molar-refractivity contribution in [3.63, 3.8) is 0 Å². The van der Waals surface area contributed by atoms with Crippen molar-refractivity contribution >= 4 is 5.82 Å². The van der Waals surface area contributed by atoms with Crippen LogP contribution in [-0.2, 0) is 0 Å². The van der Waals surface area contributed by atoms with Crippen LogP contribution < -0.4 is 15.2 Å². The normalized spacial score (nSPS) is 10.8. The fourth-order valence-electron chi connectivity index (χ4n) is 1.92. The van der Waals surface area contributed by atoms with Crippen LogP contribution in [0, 0.1) is 12.7 Å². The molecule has 0 spiro atoms. The Balaban J connectivity index is 2.45. The fourth-order valence-corrected chi connectivity index (χ4v) is 1.92. The first-order valence-corrected chi connectivity index (χ1v) is 6.56. The van der Waals surface area contributed by atoms with Gasteiger partial charge in [0.1, 0.15) is 11.6 Å². The molecule has 2 rings (SSSR count). The molecule has 0 unspecified atom stereocenters. The number of aryl methyl sites for hydroxylation is 1. The molecule has 6 heteroatoms. The van der Waals surface area contributed by atoms with Crippen molar-refractivity contribution < 1.29 is 13.9 Å². The molecular weight excluding hydrogens is 273 g/mol. The van der Waals surface area contributed by atoms with Crippen LogP contribution in [0.2, 0.25) is 0 Å². The highest BCUT2D eigenvalue weighted by atomic mass is 19.1. The Morgan fingerprint density at radius 2 is 1.90 bits per heavy atom. The molecule has 0 atom stereocenters. The predicted molar refractivity (Wildman–Crippen MR) is 78.3 cm³/mol. The summed E-state index contributed by atoms with van der Waals surface area (Å²) in [6.45, 7) is 5.69. The third-order valence-corrected chi connectivity index (χ3v) is 3.03. The van der Waals surface area contributed by atoms with Gasteiger partial charge in [0, 0.05) is 11.6 Å². The first kappa shape index (κ1) is 15.0. The topological polar surface area (TPSA) is 70.3 Å². The Morgan fingerprint density at radius 3 is 2.48 bits per heavy atom. The number of aromatic nitrogens is 2. The van der Waals surface area contributed by atoms with Crippen molar-refractivity contribution in [2.24, 2.45) is 0 Å². The molecule has 21 heavy (non-hydrogen) atoms. The molecule has 1 heterocycles. The summed E-state index contributed by atoms with van der Waals surface area (Å²) in [6.07, 6.45) is 1.48. The molecule has 1 aromatic heterocycles. The molecule has 0 aliphatic carbocycles. The van der Waals surface area contributed by atoms with Crippen molar-refractivity contribution in [1.29, 1.82) is 0 Å². The SMILES string of the molecule is COc1cc(C(C)C)c(Oc2cnc(C)nc2N)cc1F. The van der Waals surface area contributed by atoms with Gasteiger partial charge in [0.25, 0.3) is 0 Å². The molecule has 0 saturated carbocycles. The monoisotopic (exact) mass is 291 g/mol. The Bertz CT molecular complexity index is 660. The molecule has 5 nitrogen and oxygen atoms in total. The van der Waals surface area contributed by atoms with Gasteiger partial charge in [-0.05, 0) is 18.9 Å². The van der Waals surface area contributed by atoms with Crippen LogP contribution in [0.25, 0.3) is 0 Å². The van der Waals surface area contributed by atoms with Gasteiger partial charge < -0.3 is 15.2 Å². The summed E-state index contributed by atoms with van der Waals surface area (Å²) in [4.78, 5) is 8.06. The van der Waals surface area contributed by atoms with E-state index in [4.69, 9.17) is 15.2 Å². The average Bonchev–Trinajstić information content (AvgIpc) is 2.41. The van der Waals surface area contributed by atoms with Crippen LogP contribution in [-0.4, -0.2) is 17.1 Å². The molecule has 0 radical (unpaired) electrons. The van der Waals surface area contributed by atoms with E-state index in [2.05, 4.69) is 9.97 Å². The lowest BCUT2D eigenvalue weighted by atomic mass is 10.0. The van der Waals surface area contributed by atoms with E-state index in [0.717, 1.165) is 5.56 Å². The van der Waals surface area contributed by atoms with E-state index in [1.807, 2.05) is 13.8 Å². The fraction of sp³-hybridized carbons (Fsp3) is 0.333. The maximum Gasteiger partial charge on any atom is 0.187 e. The van der Waals surface area contributed by atoms with Crippen LogP contribution >= 0.6 is 0 Å². The van der Waals surface area contributed by atoms with Crippen LogP contribution in [0.4, 0.5) is 10.2 Å². The third kappa shape index (κ3) is 3.21. The number of hydrogen-bond donors (Lipinski definition) is 1. The molecule has 0 aliphatic heterocycles. The molecule has 0 fully saturated rings. The second-order valence-corrected chi connectivity index (χ2v) is 4.95. The van der Waals surface area contributed by atoms with E-state index < -0.39 is 5.82 Å². The van der Waals surface area contributed by atoms with Crippen LogP contribution in [0.1, 0.15) is 31.2 Å². The average molecular weight is 291 g/mol.